The van der Waals surface area contributed by atoms with Crippen molar-refractivity contribution >= 4 is 5.52 Å². The first-order chi connectivity index (χ1) is 9.25. The summed E-state index contributed by atoms with van der Waals surface area (Å²) in [5.74, 6) is 0.889. The molecule has 0 aliphatic rings. The molecule has 0 spiro atoms. The summed E-state index contributed by atoms with van der Waals surface area (Å²) in [4.78, 5) is 0. The third-order valence-corrected chi connectivity index (χ3v) is 2.95. The third-order valence-electron chi connectivity index (χ3n) is 2.95. The smallest absolute Gasteiger partial charge is 0.129 e. The first kappa shape index (κ1) is 11.8. The molecule has 0 N–H and O–H groups in total. The van der Waals surface area contributed by atoms with E-state index in [4.69, 9.17) is 4.74 Å². The van der Waals surface area contributed by atoms with Gasteiger partial charge in [-0.3, -0.25) is 0 Å². The summed E-state index contributed by atoms with van der Waals surface area (Å²) in [5, 5.41) is 4.38. The summed E-state index contributed by atoms with van der Waals surface area (Å²) >= 11 is 0. The highest BCUT2D eigenvalue weighted by Gasteiger charge is 2.10. The van der Waals surface area contributed by atoms with E-state index in [1.165, 1.54) is 0 Å². The molecule has 0 radical (unpaired) electrons. The minimum absolute atomic E-state index is 0.151. The van der Waals surface area contributed by atoms with Crippen molar-refractivity contribution < 1.29 is 4.74 Å². The predicted molar refractivity (Wildman–Crippen MR) is 76.4 cm³/mol. The van der Waals surface area contributed by atoms with Crippen LogP contribution in [0.1, 0.15) is 13.8 Å². The maximum atomic E-state index is 5.88. The zero-order valence-corrected chi connectivity index (χ0v) is 11.1. The molecule has 0 saturated carbocycles. The molecule has 0 fully saturated rings. The molecule has 3 heteroatoms. The molecule has 19 heavy (non-hydrogen) atoms. The fraction of sp³-hybridized carbons (Fsp3) is 0.188. The van der Waals surface area contributed by atoms with Crippen molar-refractivity contribution in [2.45, 2.75) is 20.0 Å². The largest absolute Gasteiger partial charge is 0.490 e. The number of ether oxygens (including phenoxy) is 1. The lowest BCUT2D eigenvalue weighted by atomic mass is 10.1. The summed E-state index contributed by atoms with van der Waals surface area (Å²) < 4.78 is 7.82. The second kappa shape index (κ2) is 4.76. The molecule has 0 aliphatic heterocycles. The van der Waals surface area contributed by atoms with E-state index >= 15 is 0 Å². The van der Waals surface area contributed by atoms with Crippen molar-refractivity contribution in [3.05, 3.63) is 54.7 Å². The highest BCUT2D eigenvalue weighted by molar-refractivity contribution is 5.70. The van der Waals surface area contributed by atoms with E-state index in [0.717, 1.165) is 22.5 Å². The SMILES string of the molecule is CC(C)Oc1ccccc1-c1cccc2ccnn12. The number of pyridine rings is 1. The van der Waals surface area contributed by atoms with Crippen LogP contribution in [0.5, 0.6) is 5.75 Å². The Hall–Kier alpha value is -2.29. The molecule has 2 aromatic heterocycles. The standard InChI is InChI=1S/C16H16N2O/c1-12(2)19-16-9-4-3-7-14(16)15-8-5-6-13-10-11-17-18(13)15/h3-12H,1-2H3. The molecule has 0 atom stereocenters. The minimum atomic E-state index is 0.151. The lowest BCUT2D eigenvalue weighted by molar-refractivity contribution is 0.243. The van der Waals surface area contributed by atoms with Crippen LogP contribution in [0.25, 0.3) is 16.8 Å². The lowest BCUT2D eigenvalue weighted by Gasteiger charge is -2.14. The van der Waals surface area contributed by atoms with Crippen LogP contribution in [-0.4, -0.2) is 15.7 Å². The molecule has 0 aliphatic carbocycles. The molecule has 3 aromatic rings. The summed E-state index contributed by atoms with van der Waals surface area (Å²) in [6, 6.07) is 16.2. The van der Waals surface area contributed by atoms with Gasteiger partial charge in [-0.1, -0.05) is 18.2 Å². The second-order valence-electron chi connectivity index (χ2n) is 4.74. The van der Waals surface area contributed by atoms with E-state index in [0.29, 0.717) is 0 Å². The van der Waals surface area contributed by atoms with Crippen LogP contribution in [0.4, 0.5) is 0 Å². The Kier molecular flexibility index (Phi) is 2.95. The minimum Gasteiger partial charge on any atom is -0.490 e. The van der Waals surface area contributed by atoms with Gasteiger partial charge in [-0.2, -0.15) is 5.10 Å². The van der Waals surface area contributed by atoms with Gasteiger partial charge in [0, 0.05) is 5.56 Å². The van der Waals surface area contributed by atoms with Gasteiger partial charge in [0.15, 0.2) is 0 Å². The molecule has 0 bridgehead atoms. The van der Waals surface area contributed by atoms with E-state index in [2.05, 4.69) is 17.2 Å². The van der Waals surface area contributed by atoms with E-state index < -0.39 is 0 Å². The predicted octanol–water partition coefficient (Wildman–Crippen LogP) is 3.79. The Labute approximate surface area is 112 Å². The van der Waals surface area contributed by atoms with Gasteiger partial charge < -0.3 is 4.74 Å². The average molecular weight is 252 g/mol. The molecule has 0 unspecified atom stereocenters. The lowest BCUT2D eigenvalue weighted by Crippen LogP contribution is -2.07. The van der Waals surface area contributed by atoms with Crippen LogP contribution in [0.2, 0.25) is 0 Å². The Balaban J connectivity index is 2.18. The first-order valence-electron chi connectivity index (χ1n) is 6.44. The number of hydrogen-bond acceptors (Lipinski definition) is 2. The van der Waals surface area contributed by atoms with E-state index in [9.17, 15) is 0 Å². The highest BCUT2D eigenvalue weighted by Crippen LogP contribution is 2.30. The molecule has 3 nitrogen and oxygen atoms in total. The van der Waals surface area contributed by atoms with Gasteiger partial charge in [0.05, 0.1) is 23.5 Å². The van der Waals surface area contributed by atoms with Gasteiger partial charge in [-0.25, -0.2) is 4.52 Å². The number of nitrogens with zero attached hydrogens (tertiary/aromatic N) is 2. The van der Waals surface area contributed by atoms with E-state index in [1.807, 2.05) is 61.0 Å². The van der Waals surface area contributed by atoms with Crippen LogP contribution >= 0.6 is 0 Å². The average Bonchev–Trinajstić information content (AvgIpc) is 2.87. The molecule has 0 amide bonds. The summed E-state index contributed by atoms with van der Waals surface area (Å²) in [7, 11) is 0. The van der Waals surface area contributed by atoms with Gasteiger partial charge in [0.2, 0.25) is 0 Å². The van der Waals surface area contributed by atoms with Gasteiger partial charge in [0.25, 0.3) is 0 Å². The fourth-order valence-electron chi connectivity index (χ4n) is 2.19. The Morgan fingerprint density at radius 2 is 1.84 bits per heavy atom. The number of para-hydroxylation sites is 1. The summed E-state index contributed by atoms with van der Waals surface area (Å²) in [6.07, 6.45) is 1.96. The number of aromatic nitrogens is 2. The molecule has 3 rings (SSSR count). The van der Waals surface area contributed by atoms with Crippen molar-refractivity contribution in [1.82, 2.24) is 9.61 Å². The van der Waals surface area contributed by atoms with Crippen LogP contribution in [0.15, 0.2) is 54.7 Å². The molecular formula is C16H16N2O. The maximum Gasteiger partial charge on any atom is 0.129 e. The van der Waals surface area contributed by atoms with Crippen molar-refractivity contribution in [3.8, 4) is 17.0 Å². The van der Waals surface area contributed by atoms with Crippen molar-refractivity contribution in [1.29, 1.82) is 0 Å². The van der Waals surface area contributed by atoms with Gasteiger partial charge >= 0.3 is 0 Å². The maximum absolute atomic E-state index is 5.88. The normalized spacial score (nSPS) is 11.1. The highest BCUT2D eigenvalue weighted by atomic mass is 16.5. The van der Waals surface area contributed by atoms with Crippen LogP contribution in [0, 0.1) is 0 Å². The third kappa shape index (κ3) is 2.19. The van der Waals surface area contributed by atoms with Crippen molar-refractivity contribution in [3.63, 3.8) is 0 Å². The van der Waals surface area contributed by atoms with Crippen molar-refractivity contribution in [2.75, 3.05) is 0 Å². The van der Waals surface area contributed by atoms with E-state index in [-0.39, 0.29) is 6.10 Å². The fourth-order valence-corrected chi connectivity index (χ4v) is 2.19. The number of rotatable bonds is 3. The van der Waals surface area contributed by atoms with Gasteiger partial charge in [-0.05, 0) is 44.2 Å². The first-order valence-corrected chi connectivity index (χ1v) is 6.44. The zero-order chi connectivity index (χ0) is 13.2. The van der Waals surface area contributed by atoms with E-state index in [1.54, 1.807) is 0 Å². The van der Waals surface area contributed by atoms with Crippen LogP contribution in [0.3, 0.4) is 0 Å². The number of hydrogen-bond donors (Lipinski definition) is 0. The Morgan fingerprint density at radius 1 is 1.00 bits per heavy atom. The number of benzene rings is 1. The number of fused-ring (bicyclic) bond motifs is 1. The second-order valence-corrected chi connectivity index (χ2v) is 4.74. The Bertz CT molecular complexity index is 701. The van der Waals surface area contributed by atoms with Gasteiger partial charge in [-0.15, -0.1) is 0 Å². The monoisotopic (exact) mass is 252 g/mol. The topological polar surface area (TPSA) is 26.5 Å². The van der Waals surface area contributed by atoms with Crippen molar-refractivity contribution in [2.24, 2.45) is 0 Å². The molecule has 1 aromatic carbocycles. The zero-order valence-electron chi connectivity index (χ0n) is 11.1. The molecule has 2 heterocycles. The molecule has 96 valence electrons. The molecule has 0 saturated heterocycles. The van der Waals surface area contributed by atoms with Gasteiger partial charge in [0.1, 0.15) is 5.75 Å². The van der Waals surface area contributed by atoms with Crippen LogP contribution < -0.4 is 4.74 Å². The van der Waals surface area contributed by atoms with Crippen LogP contribution in [-0.2, 0) is 0 Å². The quantitative estimate of drug-likeness (QED) is 0.709. The Morgan fingerprint density at radius 3 is 2.68 bits per heavy atom. The molecular weight excluding hydrogens is 236 g/mol. The summed E-state index contributed by atoms with van der Waals surface area (Å²) in [5.41, 5.74) is 3.18. The summed E-state index contributed by atoms with van der Waals surface area (Å²) in [6.45, 7) is 4.07.